The second kappa shape index (κ2) is 7.68. The Bertz CT molecular complexity index is 685. The number of β-amino-alcohol motifs (C(OH)–C–C–N with tert-alkyl or cyclic N) is 1. The van der Waals surface area contributed by atoms with Crippen molar-refractivity contribution in [1.29, 1.82) is 0 Å². The summed E-state index contributed by atoms with van der Waals surface area (Å²) in [5, 5.41) is 11.3. The van der Waals surface area contributed by atoms with E-state index in [4.69, 9.17) is 4.74 Å². The molecule has 0 bridgehead atoms. The van der Waals surface area contributed by atoms with Crippen LogP contribution in [-0.4, -0.2) is 71.2 Å². The lowest BCUT2D eigenvalue weighted by molar-refractivity contribution is -0.131. The minimum absolute atomic E-state index is 0.139. The molecular weight excluding hydrogens is 306 g/mol. The molecule has 0 saturated carbocycles. The molecule has 6 heteroatoms. The Kier molecular flexibility index (Phi) is 5.37. The maximum Gasteiger partial charge on any atom is 0.236 e. The highest BCUT2D eigenvalue weighted by Crippen LogP contribution is 2.24. The van der Waals surface area contributed by atoms with Gasteiger partial charge in [-0.2, -0.15) is 0 Å². The monoisotopic (exact) mass is 331 g/mol. The number of hydrogen-bond acceptors (Lipinski definition) is 4. The van der Waals surface area contributed by atoms with E-state index in [0.717, 1.165) is 42.7 Å². The molecule has 2 aromatic rings. The molecule has 2 N–H and O–H groups in total. The van der Waals surface area contributed by atoms with E-state index < -0.39 is 6.10 Å². The van der Waals surface area contributed by atoms with Crippen LogP contribution in [0.2, 0.25) is 0 Å². The highest BCUT2D eigenvalue weighted by atomic mass is 16.5. The number of aromatic amines is 1. The molecule has 1 amide bonds. The molecule has 6 nitrogen and oxygen atoms in total. The van der Waals surface area contributed by atoms with Crippen LogP contribution < -0.4 is 4.74 Å². The molecule has 1 saturated heterocycles. The Labute approximate surface area is 142 Å². The maximum absolute atomic E-state index is 12.1. The molecule has 1 atom stereocenters. The molecule has 1 fully saturated rings. The number of aromatic nitrogens is 1. The van der Waals surface area contributed by atoms with Crippen molar-refractivity contribution in [3.63, 3.8) is 0 Å². The van der Waals surface area contributed by atoms with Crippen molar-refractivity contribution in [2.75, 3.05) is 39.3 Å². The van der Waals surface area contributed by atoms with Gasteiger partial charge in [0.25, 0.3) is 0 Å². The molecule has 3 rings (SSSR count). The fourth-order valence-electron chi connectivity index (χ4n) is 3.19. The first kappa shape index (κ1) is 16.8. The summed E-state index contributed by atoms with van der Waals surface area (Å²) in [6.07, 6.45) is 2.19. The number of likely N-dealkylation sites (N-methyl/N-ethyl adjacent to an activating group) is 1. The Balaban J connectivity index is 1.53. The lowest BCUT2D eigenvalue weighted by atomic mass is 10.2. The van der Waals surface area contributed by atoms with E-state index >= 15 is 0 Å². The van der Waals surface area contributed by atoms with Gasteiger partial charge in [-0.25, -0.2) is 0 Å². The molecule has 1 aromatic carbocycles. The molecule has 130 valence electrons. The van der Waals surface area contributed by atoms with Gasteiger partial charge in [-0.05, 0) is 31.5 Å². The average Bonchev–Trinajstić information content (AvgIpc) is 2.98. The predicted octanol–water partition coefficient (Wildman–Crippen LogP) is 1.46. The number of fused-ring (bicyclic) bond motifs is 1. The van der Waals surface area contributed by atoms with Gasteiger partial charge in [0.1, 0.15) is 18.5 Å². The summed E-state index contributed by atoms with van der Waals surface area (Å²) in [6.45, 7) is 5.41. The van der Waals surface area contributed by atoms with Gasteiger partial charge in [0.15, 0.2) is 0 Å². The van der Waals surface area contributed by atoms with Crippen molar-refractivity contribution in [2.45, 2.75) is 19.4 Å². The first-order chi connectivity index (χ1) is 11.7. The van der Waals surface area contributed by atoms with Gasteiger partial charge in [0, 0.05) is 43.3 Å². The Hall–Kier alpha value is -2.05. The summed E-state index contributed by atoms with van der Waals surface area (Å²) in [7, 11) is 0. The second-order valence-corrected chi connectivity index (χ2v) is 6.22. The number of carbonyl (C=O) groups is 1. The van der Waals surface area contributed by atoms with E-state index in [1.807, 2.05) is 47.2 Å². The number of carbonyl (C=O) groups excluding carboxylic acids is 1. The van der Waals surface area contributed by atoms with E-state index in [0.29, 0.717) is 13.1 Å². The van der Waals surface area contributed by atoms with Gasteiger partial charge in [-0.3, -0.25) is 9.69 Å². The Morgan fingerprint density at radius 1 is 1.33 bits per heavy atom. The van der Waals surface area contributed by atoms with Gasteiger partial charge >= 0.3 is 0 Å². The Morgan fingerprint density at radius 3 is 3.04 bits per heavy atom. The molecule has 1 aliphatic rings. The molecular formula is C18H25N3O3. The van der Waals surface area contributed by atoms with Crippen LogP contribution in [0.4, 0.5) is 0 Å². The van der Waals surface area contributed by atoms with Crippen molar-refractivity contribution in [2.24, 2.45) is 0 Å². The fourth-order valence-corrected chi connectivity index (χ4v) is 3.19. The van der Waals surface area contributed by atoms with Gasteiger partial charge < -0.3 is 19.7 Å². The van der Waals surface area contributed by atoms with Gasteiger partial charge in [0.05, 0.1) is 6.54 Å². The lowest BCUT2D eigenvalue weighted by Crippen LogP contribution is -2.40. The molecule has 0 unspecified atom stereocenters. The number of rotatable bonds is 6. The lowest BCUT2D eigenvalue weighted by Gasteiger charge is -2.23. The van der Waals surface area contributed by atoms with Crippen LogP contribution in [0.5, 0.6) is 5.75 Å². The van der Waals surface area contributed by atoms with Gasteiger partial charge in [-0.1, -0.05) is 6.07 Å². The minimum atomic E-state index is -0.625. The molecule has 1 aromatic heterocycles. The zero-order valence-corrected chi connectivity index (χ0v) is 14.1. The topological polar surface area (TPSA) is 68.8 Å². The Morgan fingerprint density at radius 2 is 2.21 bits per heavy atom. The third-order valence-electron chi connectivity index (χ3n) is 4.45. The van der Waals surface area contributed by atoms with E-state index in [2.05, 4.69) is 4.98 Å². The average molecular weight is 331 g/mol. The highest BCUT2D eigenvalue weighted by molar-refractivity contribution is 5.85. The number of hydrogen-bond donors (Lipinski definition) is 2. The SMILES string of the molecule is CCN1CCCN(C[C@H](O)COc2cccc3[nH]ccc23)CC1=O. The number of nitrogens with zero attached hydrogens (tertiary/aromatic N) is 2. The highest BCUT2D eigenvalue weighted by Gasteiger charge is 2.22. The second-order valence-electron chi connectivity index (χ2n) is 6.22. The van der Waals surface area contributed by atoms with E-state index in [1.165, 1.54) is 0 Å². The standard InChI is InChI=1S/C18H25N3O3/c1-2-21-10-4-9-20(12-18(21)23)11-14(22)13-24-17-6-3-5-16-15(17)7-8-19-16/h3,5-8,14,19,22H,2,4,9-13H2,1H3/t14-/m0/s1. The van der Waals surface area contributed by atoms with E-state index in [9.17, 15) is 9.90 Å². The van der Waals surface area contributed by atoms with Crippen LogP contribution in [0.1, 0.15) is 13.3 Å². The zero-order valence-electron chi connectivity index (χ0n) is 14.1. The predicted molar refractivity (Wildman–Crippen MR) is 93.1 cm³/mol. The maximum atomic E-state index is 12.1. The summed E-state index contributed by atoms with van der Waals surface area (Å²) < 4.78 is 5.79. The van der Waals surface area contributed by atoms with Crippen LogP contribution >= 0.6 is 0 Å². The van der Waals surface area contributed by atoms with Crippen molar-refractivity contribution >= 4 is 16.8 Å². The van der Waals surface area contributed by atoms with Crippen LogP contribution in [0, 0.1) is 0 Å². The quantitative estimate of drug-likeness (QED) is 0.841. The third kappa shape index (κ3) is 3.88. The van der Waals surface area contributed by atoms with Crippen molar-refractivity contribution in [3.8, 4) is 5.75 Å². The first-order valence-corrected chi connectivity index (χ1v) is 8.54. The number of aliphatic hydroxyl groups is 1. The van der Waals surface area contributed by atoms with Crippen LogP contribution in [0.3, 0.4) is 0 Å². The van der Waals surface area contributed by atoms with E-state index in [1.54, 1.807) is 0 Å². The van der Waals surface area contributed by atoms with Crippen molar-refractivity contribution in [3.05, 3.63) is 30.5 Å². The number of benzene rings is 1. The summed E-state index contributed by atoms with van der Waals surface area (Å²) in [4.78, 5) is 19.1. The van der Waals surface area contributed by atoms with Crippen LogP contribution in [0.25, 0.3) is 10.9 Å². The largest absolute Gasteiger partial charge is 0.490 e. The summed E-state index contributed by atoms with van der Waals surface area (Å²) in [5.74, 6) is 0.900. The number of ether oxygens (including phenoxy) is 1. The van der Waals surface area contributed by atoms with Gasteiger partial charge in [0.2, 0.25) is 5.91 Å². The first-order valence-electron chi connectivity index (χ1n) is 8.54. The molecule has 2 heterocycles. The van der Waals surface area contributed by atoms with Crippen LogP contribution in [-0.2, 0) is 4.79 Å². The molecule has 0 spiro atoms. The van der Waals surface area contributed by atoms with Gasteiger partial charge in [-0.15, -0.1) is 0 Å². The summed E-state index contributed by atoms with van der Waals surface area (Å²) in [5.41, 5.74) is 1.01. The fraction of sp³-hybridized carbons (Fsp3) is 0.500. The minimum Gasteiger partial charge on any atom is -0.490 e. The smallest absolute Gasteiger partial charge is 0.236 e. The summed E-state index contributed by atoms with van der Waals surface area (Å²) in [6, 6.07) is 7.77. The van der Waals surface area contributed by atoms with Crippen molar-refractivity contribution in [1.82, 2.24) is 14.8 Å². The van der Waals surface area contributed by atoms with Crippen LogP contribution in [0.15, 0.2) is 30.5 Å². The van der Waals surface area contributed by atoms with Crippen molar-refractivity contribution < 1.29 is 14.6 Å². The number of aliphatic hydroxyl groups excluding tert-OH is 1. The number of nitrogens with one attached hydrogen (secondary N) is 1. The number of H-pyrrole nitrogens is 1. The third-order valence-corrected chi connectivity index (χ3v) is 4.45. The number of amides is 1. The zero-order chi connectivity index (χ0) is 16.9. The van der Waals surface area contributed by atoms with E-state index in [-0.39, 0.29) is 12.5 Å². The molecule has 24 heavy (non-hydrogen) atoms. The molecule has 0 aliphatic carbocycles. The summed E-state index contributed by atoms with van der Waals surface area (Å²) >= 11 is 0. The normalized spacial score (nSPS) is 17.9. The molecule has 0 radical (unpaired) electrons. The molecule has 1 aliphatic heterocycles.